The van der Waals surface area contributed by atoms with Crippen LogP contribution in [0, 0.1) is 0 Å². The molecule has 1 aliphatic rings. The lowest BCUT2D eigenvalue weighted by atomic mass is 10.1. The molecule has 0 atom stereocenters. The molecule has 1 fully saturated rings. The van der Waals surface area contributed by atoms with Gasteiger partial charge in [0.15, 0.2) is 0 Å². The molecule has 1 aliphatic heterocycles. The highest BCUT2D eigenvalue weighted by molar-refractivity contribution is 7.99. The summed E-state index contributed by atoms with van der Waals surface area (Å²) in [5.74, 6) is 6.08. The molecule has 1 rings (SSSR count). The van der Waals surface area contributed by atoms with Crippen LogP contribution in [0.5, 0.6) is 0 Å². The highest BCUT2D eigenvalue weighted by atomic mass is 32.2. The van der Waals surface area contributed by atoms with E-state index in [2.05, 4.69) is 35.5 Å². The molecule has 0 N–H and O–H groups in total. The van der Waals surface area contributed by atoms with Gasteiger partial charge in [0.2, 0.25) is 0 Å². The molecule has 0 unspecified atom stereocenters. The second kappa shape index (κ2) is 44.9. The highest BCUT2D eigenvalue weighted by Gasteiger charge is 2.18. The number of hydrogen-bond acceptors (Lipinski definition) is 12. The smallest absolute Gasteiger partial charge is 0.305 e. The Morgan fingerprint density at radius 1 is 0.400 bits per heavy atom. The fourth-order valence-electron chi connectivity index (χ4n) is 7.26. The Bertz CT molecular complexity index is 934. The number of piperazine rings is 1. The van der Waals surface area contributed by atoms with Gasteiger partial charge in [0.25, 0.3) is 0 Å². The molecule has 0 amide bonds. The molecule has 0 spiro atoms. The van der Waals surface area contributed by atoms with Gasteiger partial charge < -0.3 is 24.0 Å². The van der Waals surface area contributed by atoms with Gasteiger partial charge in [-0.3, -0.25) is 19.3 Å². The lowest BCUT2D eigenvalue weighted by Crippen LogP contribution is -2.48. The summed E-state index contributed by atoms with van der Waals surface area (Å²) in [6, 6.07) is 0. The van der Waals surface area contributed by atoms with Gasteiger partial charge in [-0.15, -0.1) is 0 Å². The number of nitrogens with zero attached hydrogens (tertiary/aromatic N) is 3. The zero-order valence-corrected chi connectivity index (χ0v) is 41.7. The number of hydrogen-bond donors (Lipinski definition) is 0. The van der Waals surface area contributed by atoms with Crippen molar-refractivity contribution >= 4 is 53.2 Å². The predicted octanol–water partition coefficient (Wildman–Crippen LogP) is 11.2. The van der Waals surface area contributed by atoms with Crippen LogP contribution in [0.1, 0.15) is 175 Å². The molecule has 0 aromatic heterocycles. The third-order valence-corrected chi connectivity index (χ3v) is 14.3. The number of carbonyl (C=O) groups is 3. The molecule has 1 saturated heterocycles. The van der Waals surface area contributed by atoms with Crippen molar-refractivity contribution in [3.05, 3.63) is 0 Å². The summed E-state index contributed by atoms with van der Waals surface area (Å²) in [6.45, 7) is 18.1. The number of unbranched alkanes of at least 4 members (excludes halogenated alkanes) is 15. The molecule has 0 saturated carbocycles. The van der Waals surface area contributed by atoms with Gasteiger partial charge in [-0.2, -0.15) is 35.3 Å². The zero-order chi connectivity index (χ0) is 43.4. The minimum absolute atomic E-state index is 0.0361. The molecular weight excluding hydrogens is 811 g/mol. The van der Waals surface area contributed by atoms with Crippen molar-refractivity contribution in [1.29, 1.82) is 0 Å². The fourth-order valence-corrected chi connectivity index (χ4v) is 9.70. The first-order chi connectivity index (χ1) is 29.5. The van der Waals surface area contributed by atoms with Crippen molar-refractivity contribution in [2.45, 2.75) is 175 Å². The molecule has 1 heterocycles. The highest BCUT2D eigenvalue weighted by Crippen LogP contribution is 2.13. The molecular formula is C48H93N3O6S3. The Morgan fingerprint density at radius 3 is 1.13 bits per heavy atom. The van der Waals surface area contributed by atoms with E-state index in [9.17, 15) is 14.4 Å². The van der Waals surface area contributed by atoms with Gasteiger partial charge in [-0.25, -0.2) is 0 Å². The average Bonchev–Trinajstić information content (AvgIpc) is 3.25. The van der Waals surface area contributed by atoms with Crippen molar-refractivity contribution < 1.29 is 28.6 Å². The largest absolute Gasteiger partial charge is 0.465 e. The van der Waals surface area contributed by atoms with E-state index in [4.69, 9.17) is 14.2 Å². The van der Waals surface area contributed by atoms with Crippen molar-refractivity contribution in [1.82, 2.24) is 14.7 Å². The van der Waals surface area contributed by atoms with E-state index in [1.165, 1.54) is 82.8 Å². The summed E-state index contributed by atoms with van der Waals surface area (Å²) < 4.78 is 16.4. The molecule has 12 heteroatoms. The van der Waals surface area contributed by atoms with Crippen LogP contribution in [0.25, 0.3) is 0 Å². The van der Waals surface area contributed by atoms with E-state index in [-0.39, 0.29) is 17.9 Å². The van der Waals surface area contributed by atoms with Crippen LogP contribution in [-0.4, -0.2) is 146 Å². The van der Waals surface area contributed by atoms with E-state index in [1.807, 2.05) is 35.3 Å². The van der Waals surface area contributed by atoms with Crippen LogP contribution in [0.2, 0.25) is 0 Å². The summed E-state index contributed by atoms with van der Waals surface area (Å²) in [6.07, 6.45) is 26.2. The third-order valence-electron chi connectivity index (χ3n) is 11.2. The number of esters is 3. The SMILES string of the molecule is CCCCCCSCCOC(=O)CCCCCN(CCCCCC(=O)OCCSCCCCCC)CCN1CCN(CCCCCC(=O)OCCSCCCCCC)CC1. The second-order valence-corrected chi connectivity index (χ2v) is 20.3. The lowest BCUT2D eigenvalue weighted by molar-refractivity contribution is -0.144. The van der Waals surface area contributed by atoms with Gasteiger partial charge in [0.05, 0.1) is 0 Å². The number of rotatable bonds is 45. The predicted molar refractivity (Wildman–Crippen MR) is 262 cm³/mol. The van der Waals surface area contributed by atoms with Gasteiger partial charge in [-0.05, 0) is 94.7 Å². The molecule has 0 bridgehead atoms. The standard InChI is InChI=1S/C48H93N3O6S3/c1-4-7-10-22-40-58-43-37-55-46(52)25-16-13-19-28-49(29-20-14-17-26-47(53)56-38-44-59-41-23-11-8-5-2)31-34-51-35-32-50(33-36-51)30-21-15-18-27-48(54)57-39-45-60-42-24-12-9-6-3/h4-45H2,1-3H3. The van der Waals surface area contributed by atoms with Gasteiger partial charge in [0, 0.05) is 75.8 Å². The normalized spacial score (nSPS) is 13.6. The molecule has 0 aromatic rings. The third kappa shape index (κ3) is 39.0. The van der Waals surface area contributed by atoms with Gasteiger partial charge in [-0.1, -0.05) is 97.8 Å². The topological polar surface area (TPSA) is 88.6 Å². The monoisotopic (exact) mass is 904 g/mol. The Kier molecular flexibility index (Phi) is 42.9. The van der Waals surface area contributed by atoms with Gasteiger partial charge >= 0.3 is 17.9 Å². The minimum atomic E-state index is -0.0503. The van der Waals surface area contributed by atoms with Crippen molar-refractivity contribution in [3.8, 4) is 0 Å². The summed E-state index contributed by atoms with van der Waals surface area (Å²) in [7, 11) is 0. The maximum Gasteiger partial charge on any atom is 0.305 e. The first-order valence-corrected chi connectivity index (χ1v) is 28.3. The Morgan fingerprint density at radius 2 is 0.750 bits per heavy atom. The van der Waals surface area contributed by atoms with E-state index < -0.39 is 0 Å². The Balaban J connectivity index is 2.28. The van der Waals surface area contributed by atoms with Crippen LogP contribution in [-0.2, 0) is 28.6 Å². The van der Waals surface area contributed by atoms with E-state index in [0.717, 1.165) is 145 Å². The molecule has 9 nitrogen and oxygen atoms in total. The quantitative estimate of drug-likeness (QED) is 0.0331. The summed E-state index contributed by atoms with van der Waals surface area (Å²) in [5.41, 5.74) is 0. The van der Waals surface area contributed by atoms with E-state index in [0.29, 0.717) is 39.1 Å². The molecule has 60 heavy (non-hydrogen) atoms. The van der Waals surface area contributed by atoms with Crippen LogP contribution >= 0.6 is 35.3 Å². The van der Waals surface area contributed by atoms with Crippen LogP contribution in [0.4, 0.5) is 0 Å². The first kappa shape index (κ1) is 57.4. The summed E-state index contributed by atoms with van der Waals surface area (Å²) in [4.78, 5) is 44.5. The minimum Gasteiger partial charge on any atom is -0.465 e. The van der Waals surface area contributed by atoms with E-state index >= 15 is 0 Å². The van der Waals surface area contributed by atoms with Crippen molar-refractivity contribution in [2.75, 3.05) is 113 Å². The average molecular weight is 904 g/mol. The second-order valence-electron chi connectivity index (χ2n) is 16.6. The lowest BCUT2D eigenvalue weighted by Gasteiger charge is -2.36. The van der Waals surface area contributed by atoms with Crippen molar-refractivity contribution in [2.24, 2.45) is 0 Å². The van der Waals surface area contributed by atoms with Crippen LogP contribution in [0.3, 0.4) is 0 Å². The number of thioether (sulfide) groups is 3. The summed E-state index contributed by atoms with van der Waals surface area (Å²) >= 11 is 5.70. The van der Waals surface area contributed by atoms with Gasteiger partial charge in [0.1, 0.15) is 19.8 Å². The molecule has 0 radical (unpaired) electrons. The maximum absolute atomic E-state index is 12.3. The first-order valence-electron chi connectivity index (χ1n) is 24.9. The molecule has 354 valence electrons. The number of ether oxygens (including phenoxy) is 3. The fraction of sp³-hybridized carbons (Fsp3) is 0.938. The van der Waals surface area contributed by atoms with E-state index in [1.54, 1.807) is 0 Å². The number of carbonyl (C=O) groups excluding carboxylic acids is 3. The van der Waals surface area contributed by atoms with Crippen LogP contribution in [0.15, 0.2) is 0 Å². The van der Waals surface area contributed by atoms with Crippen molar-refractivity contribution in [3.63, 3.8) is 0 Å². The molecule has 0 aliphatic carbocycles. The molecule has 0 aromatic carbocycles. The van der Waals surface area contributed by atoms with Crippen LogP contribution < -0.4 is 0 Å². The Labute approximate surface area is 382 Å². The summed E-state index contributed by atoms with van der Waals surface area (Å²) in [5, 5.41) is 0. The zero-order valence-electron chi connectivity index (χ0n) is 39.2. The Hall–Kier alpha value is -0.660. The maximum atomic E-state index is 12.3.